The molecular formula is C15H22F3N5O. The average Bonchev–Trinajstić information content (AvgIpc) is 2.54. The molecule has 0 aromatic carbocycles. The number of nitrogens with one attached hydrogen (secondary N) is 1. The average molecular weight is 345 g/mol. The molecule has 9 heteroatoms. The van der Waals surface area contributed by atoms with Crippen molar-refractivity contribution in [3.63, 3.8) is 0 Å². The SMILES string of the molecule is CN(CCc1cnccn1)C(=O)NC1CCN(CC(F)(F)F)CC1. The monoisotopic (exact) mass is 345 g/mol. The molecule has 1 saturated heterocycles. The van der Waals surface area contributed by atoms with Gasteiger partial charge in [-0.15, -0.1) is 0 Å². The van der Waals surface area contributed by atoms with Crippen LogP contribution < -0.4 is 5.32 Å². The van der Waals surface area contributed by atoms with E-state index in [0.717, 1.165) is 5.69 Å². The quantitative estimate of drug-likeness (QED) is 0.882. The summed E-state index contributed by atoms with van der Waals surface area (Å²) in [5.74, 6) is 0. The molecule has 0 atom stereocenters. The normalized spacial score (nSPS) is 16.8. The van der Waals surface area contributed by atoms with Crippen molar-refractivity contribution in [2.24, 2.45) is 0 Å². The van der Waals surface area contributed by atoms with E-state index in [-0.39, 0.29) is 12.1 Å². The van der Waals surface area contributed by atoms with Gasteiger partial charge in [-0.3, -0.25) is 14.9 Å². The first-order valence-electron chi connectivity index (χ1n) is 7.89. The van der Waals surface area contributed by atoms with Crippen LogP contribution in [0.3, 0.4) is 0 Å². The van der Waals surface area contributed by atoms with Gasteiger partial charge in [-0.1, -0.05) is 0 Å². The van der Waals surface area contributed by atoms with Crippen molar-refractivity contribution in [3.05, 3.63) is 24.3 Å². The highest BCUT2D eigenvalue weighted by Gasteiger charge is 2.32. The summed E-state index contributed by atoms with van der Waals surface area (Å²) in [5.41, 5.74) is 0.803. The summed E-state index contributed by atoms with van der Waals surface area (Å²) < 4.78 is 37.1. The van der Waals surface area contributed by atoms with Crippen LogP contribution in [0.5, 0.6) is 0 Å². The number of piperidine rings is 1. The molecule has 0 saturated carbocycles. The molecule has 1 aromatic rings. The number of hydrogen-bond donors (Lipinski definition) is 1. The first-order chi connectivity index (χ1) is 11.3. The van der Waals surface area contributed by atoms with Gasteiger partial charge in [0.2, 0.25) is 0 Å². The zero-order chi connectivity index (χ0) is 17.6. The fraction of sp³-hybridized carbons (Fsp3) is 0.667. The summed E-state index contributed by atoms with van der Waals surface area (Å²) in [6, 6.07) is -0.297. The van der Waals surface area contributed by atoms with Crippen molar-refractivity contribution in [3.8, 4) is 0 Å². The van der Waals surface area contributed by atoms with Gasteiger partial charge in [0.1, 0.15) is 0 Å². The zero-order valence-corrected chi connectivity index (χ0v) is 13.6. The van der Waals surface area contributed by atoms with Crippen LogP contribution in [-0.4, -0.2) is 71.2 Å². The van der Waals surface area contributed by atoms with E-state index >= 15 is 0 Å². The van der Waals surface area contributed by atoms with Crippen LogP contribution >= 0.6 is 0 Å². The summed E-state index contributed by atoms with van der Waals surface area (Å²) >= 11 is 0. The van der Waals surface area contributed by atoms with E-state index in [0.29, 0.717) is 38.9 Å². The largest absolute Gasteiger partial charge is 0.401 e. The minimum Gasteiger partial charge on any atom is -0.335 e. The molecule has 1 aliphatic rings. The molecule has 1 N–H and O–H groups in total. The Bertz CT molecular complexity index is 518. The Morgan fingerprint density at radius 1 is 1.38 bits per heavy atom. The lowest BCUT2D eigenvalue weighted by Gasteiger charge is -2.33. The molecule has 0 spiro atoms. The van der Waals surface area contributed by atoms with Crippen molar-refractivity contribution in [1.29, 1.82) is 0 Å². The molecule has 2 amide bonds. The molecule has 134 valence electrons. The van der Waals surface area contributed by atoms with Gasteiger partial charge in [-0.05, 0) is 12.8 Å². The van der Waals surface area contributed by atoms with Gasteiger partial charge in [-0.2, -0.15) is 13.2 Å². The van der Waals surface area contributed by atoms with Crippen LogP contribution in [0.4, 0.5) is 18.0 Å². The fourth-order valence-corrected chi connectivity index (χ4v) is 2.62. The Morgan fingerprint density at radius 2 is 2.08 bits per heavy atom. The Hall–Kier alpha value is -1.90. The van der Waals surface area contributed by atoms with E-state index in [1.165, 1.54) is 4.90 Å². The number of likely N-dealkylation sites (tertiary alicyclic amines) is 1. The van der Waals surface area contributed by atoms with E-state index in [1.54, 1.807) is 30.5 Å². The smallest absolute Gasteiger partial charge is 0.335 e. The van der Waals surface area contributed by atoms with Crippen molar-refractivity contribution in [1.82, 2.24) is 25.1 Å². The molecule has 2 rings (SSSR count). The first-order valence-corrected chi connectivity index (χ1v) is 7.89. The van der Waals surface area contributed by atoms with E-state index < -0.39 is 12.7 Å². The number of carbonyl (C=O) groups is 1. The number of likely N-dealkylation sites (N-methyl/N-ethyl adjacent to an activating group) is 1. The predicted octanol–water partition coefficient (Wildman–Crippen LogP) is 1.69. The van der Waals surface area contributed by atoms with Crippen LogP contribution in [0.15, 0.2) is 18.6 Å². The van der Waals surface area contributed by atoms with E-state index in [2.05, 4.69) is 15.3 Å². The minimum absolute atomic E-state index is 0.0825. The number of amides is 2. The number of aromatic nitrogens is 2. The molecule has 0 bridgehead atoms. The molecule has 1 fully saturated rings. The Labute approximate surface area is 139 Å². The van der Waals surface area contributed by atoms with Gasteiger partial charge < -0.3 is 10.2 Å². The summed E-state index contributed by atoms with van der Waals surface area (Å²) in [7, 11) is 1.69. The second-order valence-corrected chi connectivity index (χ2v) is 5.98. The minimum atomic E-state index is -4.17. The number of urea groups is 1. The third kappa shape index (κ3) is 6.31. The number of nitrogens with zero attached hydrogens (tertiary/aromatic N) is 4. The third-order valence-corrected chi connectivity index (χ3v) is 3.98. The fourth-order valence-electron chi connectivity index (χ4n) is 2.62. The van der Waals surface area contributed by atoms with E-state index in [1.807, 2.05) is 0 Å². The molecule has 0 aliphatic carbocycles. The van der Waals surface area contributed by atoms with Crippen LogP contribution in [-0.2, 0) is 6.42 Å². The summed E-state index contributed by atoms with van der Waals surface area (Å²) in [6.07, 6.45) is 2.33. The zero-order valence-electron chi connectivity index (χ0n) is 13.6. The van der Waals surface area contributed by atoms with Gasteiger partial charge in [0.15, 0.2) is 0 Å². The van der Waals surface area contributed by atoms with E-state index in [4.69, 9.17) is 0 Å². The second-order valence-electron chi connectivity index (χ2n) is 5.98. The molecule has 6 nitrogen and oxygen atoms in total. The first kappa shape index (κ1) is 18.4. The maximum absolute atomic E-state index is 12.4. The van der Waals surface area contributed by atoms with Crippen LogP contribution in [0.1, 0.15) is 18.5 Å². The van der Waals surface area contributed by atoms with Crippen molar-refractivity contribution in [2.45, 2.75) is 31.5 Å². The van der Waals surface area contributed by atoms with Crippen LogP contribution in [0.25, 0.3) is 0 Å². The Morgan fingerprint density at radius 3 is 2.67 bits per heavy atom. The van der Waals surface area contributed by atoms with Crippen molar-refractivity contribution < 1.29 is 18.0 Å². The highest BCUT2D eigenvalue weighted by Crippen LogP contribution is 2.19. The van der Waals surface area contributed by atoms with Crippen LogP contribution in [0, 0.1) is 0 Å². The second kappa shape index (κ2) is 8.27. The lowest BCUT2D eigenvalue weighted by molar-refractivity contribution is -0.148. The van der Waals surface area contributed by atoms with Crippen LogP contribution in [0.2, 0.25) is 0 Å². The topological polar surface area (TPSA) is 61.4 Å². The van der Waals surface area contributed by atoms with Gasteiger partial charge in [0.05, 0.1) is 12.2 Å². The molecule has 1 aromatic heterocycles. The van der Waals surface area contributed by atoms with E-state index in [9.17, 15) is 18.0 Å². The molecular weight excluding hydrogens is 323 g/mol. The third-order valence-electron chi connectivity index (χ3n) is 3.98. The Balaban J connectivity index is 1.69. The summed E-state index contributed by atoms with van der Waals surface area (Å²) in [6.45, 7) is 0.296. The maximum atomic E-state index is 12.4. The summed E-state index contributed by atoms with van der Waals surface area (Å²) in [4.78, 5) is 23.2. The lowest BCUT2D eigenvalue weighted by Crippen LogP contribution is -2.49. The van der Waals surface area contributed by atoms with Gasteiger partial charge >= 0.3 is 12.2 Å². The van der Waals surface area contributed by atoms with Crippen molar-refractivity contribution >= 4 is 6.03 Å². The highest BCUT2D eigenvalue weighted by molar-refractivity contribution is 5.74. The highest BCUT2D eigenvalue weighted by atomic mass is 19.4. The number of halogens is 3. The Kier molecular flexibility index (Phi) is 6.36. The number of carbonyl (C=O) groups excluding carboxylic acids is 1. The molecule has 0 unspecified atom stereocenters. The standard InChI is InChI=1S/C15H22F3N5O/c1-22(7-2-13-10-19-5-6-20-13)14(24)21-12-3-8-23(9-4-12)11-15(16,17)18/h5-6,10,12H,2-4,7-9,11H2,1H3,(H,21,24). The number of alkyl halides is 3. The van der Waals surface area contributed by atoms with Gasteiger partial charge in [-0.25, -0.2) is 4.79 Å². The van der Waals surface area contributed by atoms with Gasteiger partial charge in [0, 0.05) is 57.7 Å². The lowest BCUT2D eigenvalue weighted by atomic mass is 10.1. The predicted molar refractivity (Wildman–Crippen MR) is 82.4 cm³/mol. The maximum Gasteiger partial charge on any atom is 0.401 e. The molecule has 0 radical (unpaired) electrons. The van der Waals surface area contributed by atoms with Gasteiger partial charge in [0.25, 0.3) is 0 Å². The molecule has 2 heterocycles. The molecule has 1 aliphatic heterocycles. The number of hydrogen-bond acceptors (Lipinski definition) is 4. The molecule has 24 heavy (non-hydrogen) atoms. The summed E-state index contributed by atoms with van der Waals surface area (Å²) in [5, 5.41) is 2.88. The van der Waals surface area contributed by atoms with Crippen molar-refractivity contribution in [2.75, 3.05) is 33.2 Å². The number of rotatable bonds is 5.